The van der Waals surface area contributed by atoms with Crippen LogP contribution in [0, 0.1) is 0 Å². The molecule has 0 aliphatic rings. The number of ketones is 2. The molecule has 0 fully saturated rings. The standard InChI is InChI=1S/C20H18N2O4/c1-13(23)11-19(24)14(2)25-15-7-9-16(10-8-15)26-20-12-21-17-5-3-4-6-18(17)22-20/h3-10,12,14H,11H2,1-2H3. The molecule has 1 aromatic heterocycles. The Labute approximate surface area is 150 Å². The van der Waals surface area contributed by atoms with Crippen LogP contribution in [-0.2, 0) is 9.59 Å². The van der Waals surface area contributed by atoms with Crippen LogP contribution >= 0.6 is 0 Å². The van der Waals surface area contributed by atoms with E-state index in [9.17, 15) is 9.59 Å². The number of carbonyl (C=O) groups is 2. The Morgan fingerprint density at radius 2 is 1.65 bits per heavy atom. The van der Waals surface area contributed by atoms with Gasteiger partial charge >= 0.3 is 0 Å². The second kappa shape index (κ2) is 7.74. The van der Waals surface area contributed by atoms with Gasteiger partial charge in [0.25, 0.3) is 0 Å². The van der Waals surface area contributed by atoms with Crippen LogP contribution < -0.4 is 9.47 Å². The number of rotatable bonds is 7. The highest BCUT2D eigenvalue weighted by molar-refractivity contribution is 6.00. The zero-order valence-electron chi connectivity index (χ0n) is 14.5. The summed E-state index contributed by atoms with van der Waals surface area (Å²) in [6, 6.07) is 14.4. The molecule has 0 saturated heterocycles. The zero-order chi connectivity index (χ0) is 18.5. The molecule has 3 rings (SSSR count). The van der Waals surface area contributed by atoms with Crippen molar-refractivity contribution in [2.24, 2.45) is 0 Å². The highest BCUT2D eigenvalue weighted by atomic mass is 16.5. The minimum atomic E-state index is -0.683. The fraction of sp³-hybridized carbons (Fsp3) is 0.200. The molecule has 6 nitrogen and oxygen atoms in total. The van der Waals surface area contributed by atoms with Gasteiger partial charge < -0.3 is 9.47 Å². The molecule has 0 radical (unpaired) electrons. The maximum absolute atomic E-state index is 11.8. The second-order valence-electron chi connectivity index (χ2n) is 5.88. The topological polar surface area (TPSA) is 78.4 Å². The first-order valence-electron chi connectivity index (χ1n) is 8.20. The summed E-state index contributed by atoms with van der Waals surface area (Å²) in [6.45, 7) is 3.01. The van der Waals surface area contributed by atoms with Gasteiger partial charge in [-0.2, -0.15) is 0 Å². The molecular weight excluding hydrogens is 332 g/mol. The fourth-order valence-corrected chi connectivity index (χ4v) is 2.36. The van der Waals surface area contributed by atoms with Crippen molar-refractivity contribution in [3.05, 3.63) is 54.7 Å². The third-order valence-electron chi connectivity index (χ3n) is 3.66. The summed E-state index contributed by atoms with van der Waals surface area (Å²) in [5.41, 5.74) is 1.55. The van der Waals surface area contributed by atoms with Gasteiger partial charge in [-0.05, 0) is 50.2 Å². The van der Waals surface area contributed by atoms with E-state index in [0.29, 0.717) is 17.4 Å². The highest BCUT2D eigenvalue weighted by Gasteiger charge is 2.16. The van der Waals surface area contributed by atoms with E-state index in [0.717, 1.165) is 11.0 Å². The van der Waals surface area contributed by atoms with E-state index < -0.39 is 6.10 Å². The van der Waals surface area contributed by atoms with E-state index in [-0.39, 0.29) is 18.0 Å². The number of hydrogen-bond donors (Lipinski definition) is 0. The first-order chi connectivity index (χ1) is 12.5. The minimum absolute atomic E-state index is 0.122. The van der Waals surface area contributed by atoms with Crippen molar-refractivity contribution in [2.75, 3.05) is 0 Å². The van der Waals surface area contributed by atoms with Crippen LogP contribution in [-0.4, -0.2) is 27.6 Å². The molecule has 0 aliphatic carbocycles. The average Bonchev–Trinajstić information content (AvgIpc) is 2.62. The van der Waals surface area contributed by atoms with Crippen molar-refractivity contribution in [1.29, 1.82) is 0 Å². The van der Waals surface area contributed by atoms with Crippen LogP contribution in [0.4, 0.5) is 0 Å². The molecule has 0 saturated carbocycles. The molecule has 0 spiro atoms. The number of Topliss-reactive ketones (excluding diaryl/α,β-unsaturated/α-hetero) is 2. The molecule has 2 aromatic carbocycles. The molecule has 0 aliphatic heterocycles. The Morgan fingerprint density at radius 3 is 2.35 bits per heavy atom. The molecular formula is C20H18N2O4. The number of aromatic nitrogens is 2. The van der Waals surface area contributed by atoms with Crippen molar-refractivity contribution in [3.63, 3.8) is 0 Å². The lowest BCUT2D eigenvalue weighted by Gasteiger charge is -2.13. The largest absolute Gasteiger partial charge is 0.483 e. The molecule has 1 heterocycles. The molecule has 0 N–H and O–H groups in total. The van der Waals surface area contributed by atoms with Gasteiger partial charge in [-0.1, -0.05) is 12.1 Å². The predicted octanol–water partition coefficient (Wildman–Crippen LogP) is 3.74. The van der Waals surface area contributed by atoms with Crippen LogP contribution in [0.5, 0.6) is 17.4 Å². The van der Waals surface area contributed by atoms with E-state index in [1.54, 1.807) is 37.4 Å². The number of hydrogen-bond acceptors (Lipinski definition) is 6. The maximum Gasteiger partial charge on any atom is 0.238 e. The van der Waals surface area contributed by atoms with Crippen LogP contribution in [0.1, 0.15) is 20.3 Å². The molecule has 3 aromatic rings. The minimum Gasteiger partial charge on any atom is -0.483 e. The average molecular weight is 350 g/mol. The number of ether oxygens (including phenoxy) is 2. The number of fused-ring (bicyclic) bond motifs is 1. The lowest BCUT2D eigenvalue weighted by atomic mass is 10.1. The maximum atomic E-state index is 11.8. The first-order valence-corrected chi connectivity index (χ1v) is 8.20. The summed E-state index contributed by atoms with van der Waals surface area (Å²) in [7, 11) is 0. The number of para-hydroxylation sites is 2. The van der Waals surface area contributed by atoms with Gasteiger partial charge in [-0.15, -0.1) is 0 Å². The third kappa shape index (κ3) is 4.42. The molecule has 6 heteroatoms. The Bertz CT molecular complexity index is 938. The van der Waals surface area contributed by atoms with E-state index >= 15 is 0 Å². The van der Waals surface area contributed by atoms with Gasteiger partial charge in [-0.3, -0.25) is 9.59 Å². The Kier molecular flexibility index (Phi) is 5.22. The third-order valence-corrected chi connectivity index (χ3v) is 3.66. The molecule has 1 atom stereocenters. The van der Waals surface area contributed by atoms with Crippen molar-refractivity contribution in [2.45, 2.75) is 26.4 Å². The van der Waals surface area contributed by atoms with Gasteiger partial charge in [0.15, 0.2) is 11.9 Å². The summed E-state index contributed by atoms with van der Waals surface area (Å²) in [6.07, 6.45) is 0.759. The normalized spacial score (nSPS) is 11.8. The van der Waals surface area contributed by atoms with E-state index in [1.807, 2.05) is 24.3 Å². The van der Waals surface area contributed by atoms with Crippen molar-refractivity contribution < 1.29 is 19.1 Å². The molecule has 0 amide bonds. The number of benzene rings is 2. The Hall–Kier alpha value is -3.28. The number of carbonyl (C=O) groups excluding carboxylic acids is 2. The zero-order valence-corrected chi connectivity index (χ0v) is 14.5. The lowest BCUT2D eigenvalue weighted by Crippen LogP contribution is -2.25. The highest BCUT2D eigenvalue weighted by Crippen LogP contribution is 2.24. The quantitative estimate of drug-likeness (QED) is 0.604. The Balaban J connectivity index is 1.65. The van der Waals surface area contributed by atoms with Crippen LogP contribution in [0.2, 0.25) is 0 Å². The van der Waals surface area contributed by atoms with E-state index in [4.69, 9.17) is 9.47 Å². The SMILES string of the molecule is CC(=O)CC(=O)C(C)Oc1ccc(Oc2cnc3ccccc3n2)cc1. The van der Waals surface area contributed by atoms with E-state index in [2.05, 4.69) is 9.97 Å². The predicted molar refractivity (Wildman–Crippen MR) is 96.4 cm³/mol. The molecule has 1 unspecified atom stereocenters. The summed E-state index contributed by atoms with van der Waals surface area (Å²) in [4.78, 5) is 31.5. The lowest BCUT2D eigenvalue weighted by molar-refractivity contribution is -0.130. The first kappa shape index (κ1) is 17.5. The molecule has 0 bridgehead atoms. The summed E-state index contributed by atoms with van der Waals surface area (Å²) in [5, 5.41) is 0. The van der Waals surface area contributed by atoms with Gasteiger partial charge in [0.2, 0.25) is 5.88 Å². The monoisotopic (exact) mass is 350 g/mol. The van der Waals surface area contributed by atoms with Gasteiger partial charge in [0, 0.05) is 0 Å². The van der Waals surface area contributed by atoms with Gasteiger partial charge in [0.1, 0.15) is 17.3 Å². The number of nitrogens with zero attached hydrogens (tertiary/aromatic N) is 2. The fourth-order valence-electron chi connectivity index (χ4n) is 2.36. The second-order valence-corrected chi connectivity index (χ2v) is 5.88. The van der Waals surface area contributed by atoms with Crippen molar-refractivity contribution in [1.82, 2.24) is 9.97 Å². The molecule has 132 valence electrons. The summed E-state index contributed by atoms with van der Waals surface area (Å²) in [5.74, 6) is 1.06. The van der Waals surface area contributed by atoms with Gasteiger partial charge in [0.05, 0.1) is 23.7 Å². The van der Waals surface area contributed by atoms with Crippen LogP contribution in [0.3, 0.4) is 0 Å². The Morgan fingerprint density at radius 1 is 1.00 bits per heavy atom. The van der Waals surface area contributed by atoms with Crippen molar-refractivity contribution >= 4 is 22.6 Å². The smallest absolute Gasteiger partial charge is 0.238 e. The van der Waals surface area contributed by atoms with Crippen LogP contribution in [0.15, 0.2) is 54.7 Å². The van der Waals surface area contributed by atoms with Gasteiger partial charge in [-0.25, -0.2) is 9.97 Å². The van der Waals surface area contributed by atoms with Crippen LogP contribution in [0.25, 0.3) is 11.0 Å². The van der Waals surface area contributed by atoms with Crippen molar-refractivity contribution in [3.8, 4) is 17.4 Å². The van der Waals surface area contributed by atoms with E-state index in [1.165, 1.54) is 6.92 Å². The summed E-state index contributed by atoms with van der Waals surface area (Å²) < 4.78 is 11.3. The summed E-state index contributed by atoms with van der Waals surface area (Å²) >= 11 is 0. The molecule has 26 heavy (non-hydrogen) atoms.